The number of nitrogens with zero attached hydrogens (tertiary/aromatic N) is 3. The van der Waals surface area contributed by atoms with Gasteiger partial charge in [0.15, 0.2) is 12.1 Å². The highest BCUT2D eigenvalue weighted by molar-refractivity contribution is 5.69. The van der Waals surface area contributed by atoms with Crippen LogP contribution in [0.4, 0.5) is 5.69 Å². The van der Waals surface area contributed by atoms with Crippen molar-refractivity contribution in [3.8, 4) is 0 Å². The van der Waals surface area contributed by atoms with E-state index in [1.807, 2.05) is 0 Å². The molecule has 14 heavy (non-hydrogen) atoms. The molecule has 0 spiro atoms. The first-order chi connectivity index (χ1) is 6.61. The van der Waals surface area contributed by atoms with E-state index in [-0.39, 0.29) is 5.82 Å². The van der Waals surface area contributed by atoms with Crippen LogP contribution >= 0.6 is 0 Å². The summed E-state index contributed by atoms with van der Waals surface area (Å²) in [5.74, 6) is 0.244. The lowest BCUT2D eigenvalue weighted by Gasteiger charge is -2.47. The van der Waals surface area contributed by atoms with Gasteiger partial charge in [-0.3, -0.25) is 4.79 Å². The van der Waals surface area contributed by atoms with Crippen LogP contribution in [0.3, 0.4) is 0 Å². The first-order valence-electron chi connectivity index (χ1n) is 4.63. The fourth-order valence-corrected chi connectivity index (χ4v) is 1.72. The largest absolute Gasteiger partial charge is 0.368 e. The second kappa shape index (κ2) is 3.04. The van der Waals surface area contributed by atoms with E-state index in [4.69, 9.17) is 0 Å². The Morgan fingerprint density at radius 1 is 1.36 bits per heavy atom. The van der Waals surface area contributed by atoms with Crippen molar-refractivity contribution in [1.82, 2.24) is 9.97 Å². The van der Waals surface area contributed by atoms with Gasteiger partial charge in [0.05, 0.1) is 18.1 Å². The zero-order valence-corrected chi connectivity index (χ0v) is 8.40. The molecular weight excluding hydrogens is 178 g/mol. The molecule has 0 aliphatic carbocycles. The average molecular weight is 191 g/mol. The third-order valence-corrected chi connectivity index (χ3v) is 2.37. The molecule has 1 aliphatic heterocycles. The van der Waals surface area contributed by atoms with Crippen LogP contribution < -0.4 is 4.90 Å². The topological polar surface area (TPSA) is 46.1 Å². The van der Waals surface area contributed by atoms with Crippen molar-refractivity contribution in [2.24, 2.45) is 5.41 Å². The molecular formula is C10H13N3O. The number of carbonyl (C=O) groups excluding carboxylic acids is 1. The number of aldehydes is 1. The minimum absolute atomic E-state index is 0.244. The average Bonchev–Trinajstić information content (AvgIpc) is 2.14. The van der Waals surface area contributed by atoms with Crippen molar-refractivity contribution in [2.45, 2.75) is 13.8 Å². The summed E-state index contributed by atoms with van der Waals surface area (Å²) < 4.78 is 0. The maximum Gasteiger partial charge on any atom is 0.192 e. The minimum Gasteiger partial charge on any atom is -0.368 e. The van der Waals surface area contributed by atoms with Gasteiger partial charge in [-0.05, 0) is 5.41 Å². The Balaban J connectivity index is 2.08. The van der Waals surface area contributed by atoms with Crippen LogP contribution in [-0.2, 0) is 0 Å². The predicted octanol–water partition coefficient (Wildman–Crippen LogP) is 1.14. The molecule has 1 aromatic heterocycles. The SMILES string of the molecule is CC1(C)CN(c2cnc(C=O)nc2)C1. The Bertz CT molecular complexity index is 337. The van der Waals surface area contributed by atoms with Gasteiger partial charge in [-0.1, -0.05) is 13.8 Å². The van der Waals surface area contributed by atoms with E-state index in [0.29, 0.717) is 11.7 Å². The Labute approximate surface area is 83.0 Å². The fraction of sp³-hybridized carbons (Fsp3) is 0.500. The summed E-state index contributed by atoms with van der Waals surface area (Å²) in [6.07, 6.45) is 4.06. The summed E-state index contributed by atoms with van der Waals surface area (Å²) in [4.78, 5) is 20.4. The van der Waals surface area contributed by atoms with Gasteiger partial charge < -0.3 is 4.90 Å². The van der Waals surface area contributed by atoms with E-state index in [1.165, 1.54) is 0 Å². The molecule has 0 bridgehead atoms. The molecule has 2 heterocycles. The second-order valence-corrected chi connectivity index (χ2v) is 4.44. The molecule has 1 saturated heterocycles. The second-order valence-electron chi connectivity index (χ2n) is 4.44. The standard InChI is InChI=1S/C10H13N3O/c1-10(2)6-13(7-10)8-3-11-9(5-14)12-4-8/h3-5H,6-7H2,1-2H3. The van der Waals surface area contributed by atoms with Gasteiger partial charge in [0.2, 0.25) is 0 Å². The highest BCUT2D eigenvalue weighted by Gasteiger charge is 2.34. The van der Waals surface area contributed by atoms with Crippen molar-refractivity contribution >= 4 is 12.0 Å². The molecule has 2 rings (SSSR count). The van der Waals surface area contributed by atoms with Gasteiger partial charge in [-0.25, -0.2) is 9.97 Å². The number of rotatable bonds is 2. The lowest BCUT2D eigenvalue weighted by Crippen LogP contribution is -2.53. The molecule has 0 unspecified atom stereocenters. The van der Waals surface area contributed by atoms with E-state index in [2.05, 4.69) is 28.7 Å². The Morgan fingerprint density at radius 2 is 1.93 bits per heavy atom. The van der Waals surface area contributed by atoms with Crippen LogP contribution in [0.15, 0.2) is 12.4 Å². The molecule has 74 valence electrons. The van der Waals surface area contributed by atoms with Crippen LogP contribution in [0.2, 0.25) is 0 Å². The molecule has 0 aromatic carbocycles. The van der Waals surface area contributed by atoms with Gasteiger partial charge in [-0.15, -0.1) is 0 Å². The molecule has 0 atom stereocenters. The lowest BCUT2D eigenvalue weighted by molar-refractivity contribution is 0.111. The van der Waals surface area contributed by atoms with Crippen molar-refractivity contribution in [2.75, 3.05) is 18.0 Å². The highest BCUT2D eigenvalue weighted by Crippen LogP contribution is 2.32. The predicted molar refractivity (Wildman–Crippen MR) is 53.4 cm³/mol. The molecule has 0 amide bonds. The number of anilines is 1. The zero-order chi connectivity index (χ0) is 10.2. The van der Waals surface area contributed by atoms with E-state index in [0.717, 1.165) is 18.8 Å². The smallest absolute Gasteiger partial charge is 0.192 e. The number of hydrogen-bond acceptors (Lipinski definition) is 4. The van der Waals surface area contributed by atoms with Crippen molar-refractivity contribution in [3.63, 3.8) is 0 Å². The van der Waals surface area contributed by atoms with E-state index >= 15 is 0 Å². The Kier molecular flexibility index (Phi) is 1.98. The summed E-state index contributed by atoms with van der Waals surface area (Å²) in [6.45, 7) is 6.50. The van der Waals surface area contributed by atoms with Gasteiger partial charge in [-0.2, -0.15) is 0 Å². The zero-order valence-electron chi connectivity index (χ0n) is 8.40. The summed E-state index contributed by atoms with van der Waals surface area (Å²) in [5.41, 5.74) is 1.39. The van der Waals surface area contributed by atoms with E-state index < -0.39 is 0 Å². The third kappa shape index (κ3) is 1.60. The Morgan fingerprint density at radius 3 is 2.36 bits per heavy atom. The summed E-state index contributed by atoms with van der Waals surface area (Å²) in [5, 5.41) is 0. The highest BCUT2D eigenvalue weighted by atomic mass is 16.1. The number of hydrogen-bond donors (Lipinski definition) is 0. The van der Waals surface area contributed by atoms with Crippen LogP contribution in [0.25, 0.3) is 0 Å². The fourth-order valence-electron chi connectivity index (χ4n) is 1.72. The van der Waals surface area contributed by atoms with Crippen molar-refractivity contribution < 1.29 is 4.79 Å². The van der Waals surface area contributed by atoms with Crippen LogP contribution in [0, 0.1) is 5.41 Å². The third-order valence-electron chi connectivity index (χ3n) is 2.37. The molecule has 0 radical (unpaired) electrons. The maximum atomic E-state index is 10.3. The molecule has 4 nitrogen and oxygen atoms in total. The first-order valence-corrected chi connectivity index (χ1v) is 4.63. The van der Waals surface area contributed by atoms with Crippen LogP contribution in [0.5, 0.6) is 0 Å². The van der Waals surface area contributed by atoms with Gasteiger partial charge in [0.1, 0.15) is 0 Å². The van der Waals surface area contributed by atoms with E-state index in [1.54, 1.807) is 12.4 Å². The maximum absolute atomic E-state index is 10.3. The molecule has 4 heteroatoms. The summed E-state index contributed by atoms with van der Waals surface area (Å²) >= 11 is 0. The van der Waals surface area contributed by atoms with Crippen molar-refractivity contribution in [1.29, 1.82) is 0 Å². The molecule has 0 N–H and O–H groups in total. The Hall–Kier alpha value is -1.45. The van der Waals surface area contributed by atoms with Gasteiger partial charge in [0, 0.05) is 13.1 Å². The monoisotopic (exact) mass is 191 g/mol. The summed E-state index contributed by atoms with van der Waals surface area (Å²) in [7, 11) is 0. The molecule has 1 aliphatic rings. The van der Waals surface area contributed by atoms with Crippen LogP contribution in [-0.4, -0.2) is 29.3 Å². The minimum atomic E-state index is 0.244. The van der Waals surface area contributed by atoms with Gasteiger partial charge in [0.25, 0.3) is 0 Å². The summed E-state index contributed by atoms with van der Waals surface area (Å²) in [6, 6.07) is 0. The number of aromatic nitrogens is 2. The van der Waals surface area contributed by atoms with E-state index in [9.17, 15) is 4.79 Å². The van der Waals surface area contributed by atoms with Gasteiger partial charge >= 0.3 is 0 Å². The first kappa shape index (κ1) is 9.12. The molecule has 1 fully saturated rings. The molecule has 0 saturated carbocycles. The number of carbonyl (C=O) groups is 1. The van der Waals surface area contributed by atoms with Crippen molar-refractivity contribution in [3.05, 3.63) is 18.2 Å². The molecule has 1 aromatic rings. The van der Waals surface area contributed by atoms with Crippen LogP contribution in [0.1, 0.15) is 24.5 Å². The quantitative estimate of drug-likeness (QED) is 0.657. The normalized spacial score (nSPS) is 18.9. The lowest BCUT2D eigenvalue weighted by atomic mass is 9.84.